The Morgan fingerprint density at radius 2 is 1.73 bits per heavy atom. The van der Waals surface area contributed by atoms with Crippen molar-refractivity contribution in [3.05, 3.63) is 58.1 Å². The molecule has 1 unspecified atom stereocenters. The summed E-state index contributed by atoms with van der Waals surface area (Å²) in [6.07, 6.45) is 0.662. The molecule has 2 aromatic carbocycles. The summed E-state index contributed by atoms with van der Waals surface area (Å²) in [7, 11) is -1.48. The van der Waals surface area contributed by atoms with Gasteiger partial charge in [0, 0.05) is 6.66 Å². The average molecular weight is 376 g/mol. The lowest BCUT2D eigenvalue weighted by Gasteiger charge is -2.17. The van der Waals surface area contributed by atoms with Crippen LogP contribution in [0.2, 0.25) is 0 Å². The molecular weight excluding hydrogens is 347 g/mol. The molecule has 0 radical (unpaired) electrons. The van der Waals surface area contributed by atoms with E-state index in [1.54, 1.807) is 7.11 Å². The van der Waals surface area contributed by atoms with Crippen LogP contribution in [0, 0.1) is 13.8 Å². The van der Waals surface area contributed by atoms with Crippen LogP contribution in [0.5, 0.6) is 11.5 Å². The van der Waals surface area contributed by atoms with Gasteiger partial charge in [-0.1, -0.05) is 26.0 Å². The first-order valence-corrected chi connectivity index (χ1v) is 11.1. The summed E-state index contributed by atoms with van der Waals surface area (Å²) in [6.45, 7) is 9.73. The summed E-state index contributed by atoms with van der Waals surface area (Å²) in [5.41, 5.74) is 5.93. The van der Waals surface area contributed by atoms with Crippen molar-refractivity contribution in [1.29, 1.82) is 0 Å². The summed E-state index contributed by atoms with van der Waals surface area (Å²) in [5.74, 6) is 1.96. The van der Waals surface area contributed by atoms with Crippen LogP contribution in [-0.4, -0.2) is 25.0 Å². The first-order valence-electron chi connectivity index (χ1n) is 8.79. The van der Waals surface area contributed by atoms with Crippen molar-refractivity contribution in [2.75, 3.05) is 20.1 Å². The number of hydrogen-bond donors (Lipinski definition) is 1. The smallest absolute Gasteiger partial charge is 0.233 e. The molecule has 0 aliphatic carbocycles. The molecule has 0 aromatic heterocycles. The highest BCUT2D eigenvalue weighted by atomic mass is 31.2. The Morgan fingerprint density at radius 3 is 2.23 bits per heavy atom. The molecule has 0 aliphatic heterocycles. The molecule has 0 fully saturated rings. The second-order valence-corrected chi connectivity index (χ2v) is 9.63. The summed E-state index contributed by atoms with van der Waals surface area (Å²) in [4.78, 5) is 9.40. The van der Waals surface area contributed by atoms with Crippen molar-refractivity contribution in [2.45, 2.75) is 40.0 Å². The van der Waals surface area contributed by atoms with E-state index in [9.17, 15) is 9.46 Å². The van der Waals surface area contributed by atoms with E-state index in [1.165, 1.54) is 23.4 Å². The highest BCUT2D eigenvalue weighted by molar-refractivity contribution is 7.56. The number of methoxy groups -OCH3 is 1. The van der Waals surface area contributed by atoms with Gasteiger partial charge in [0.25, 0.3) is 0 Å². The summed E-state index contributed by atoms with van der Waals surface area (Å²) >= 11 is 0. The van der Waals surface area contributed by atoms with Gasteiger partial charge in [-0.3, -0.25) is 4.57 Å². The van der Waals surface area contributed by atoms with E-state index in [-0.39, 0.29) is 6.35 Å². The number of benzene rings is 2. The lowest BCUT2D eigenvalue weighted by atomic mass is 9.93. The third-order valence-electron chi connectivity index (χ3n) is 4.44. The van der Waals surface area contributed by atoms with Crippen molar-refractivity contribution in [3.63, 3.8) is 0 Å². The molecule has 142 valence electrons. The molecule has 5 heteroatoms. The van der Waals surface area contributed by atoms with E-state index >= 15 is 0 Å². The van der Waals surface area contributed by atoms with Crippen molar-refractivity contribution in [3.8, 4) is 11.5 Å². The molecule has 4 nitrogen and oxygen atoms in total. The maximum atomic E-state index is 11.4. The normalized spacial score (nSPS) is 13.5. The Hall–Kier alpha value is -1.77. The van der Waals surface area contributed by atoms with Gasteiger partial charge in [-0.2, -0.15) is 0 Å². The lowest BCUT2D eigenvalue weighted by molar-refractivity contribution is 0.352. The van der Waals surface area contributed by atoms with Crippen LogP contribution < -0.4 is 9.47 Å². The van der Waals surface area contributed by atoms with Crippen molar-refractivity contribution >= 4 is 7.37 Å². The zero-order chi connectivity index (χ0) is 19.5. The standard InChI is InChI=1S/C21H29O4P/c1-14(2)19-11-17(7-8-21(19)24-5)12-20-15(3)9-18(10-16(20)4)25-13-26(6,22)23/h7-11,14H,12-13H2,1-6H3,(H,22,23). The van der Waals surface area contributed by atoms with Crippen molar-refractivity contribution < 1.29 is 18.9 Å². The number of hydrogen-bond acceptors (Lipinski definition) is 3. The highest BCUT2D eigenvalue weighted by Crippen LogP contribution is 2.36. The quantitative estimate of drug-likeness (QED) is 0.670. The van der Waals surface area contributed by atoms with Gasteiger partial charge >= 0.3 is 0 Å². The molecule has 0 saturated heterocycles. The largest absolute Gasteiger partial charge is 0.496 e. The van der Waals surface area contributed by atoms with Gasteiger partial charge in [0.1, 0.15) is 11.5 Å². The number of aryl methyl sites for hydroxylation is 2. The molecule has 1 atom stereocenters. The van der Waals surface area contributed by atoms with Gasteiger partial charge in [0.15, 0.2) is 6.35 Å². The molecule has 26 heavy (non-hydrogen) atoms. The lowest BCUT2D eigenvalue weighted by Crippen LogP contribution is -2.02. The monoisotopic (exact) mass is 376 g/mol. The SMILES string of the molecule is COc1ccc(Cc2c(C)cc(OCP(C)(=O)O)cc2C)cc1C(C)C. The maximum absolute atomic E-state index is 11.4. The molecule has 0 saturated carbocycles. The fourth-order valence-corrected chi connectivity index (χ4v) is 3.45. The maximum Gasteiger partial charge on any atom is 0.233 e. The van der Waals surface area contributed by atoms with E-state index in [0.29, 0.717) is 11.7 Å². The highest BCUT2D eigenvalue weighted by Gasteiger charge is 2.14. The van der Waals surface area contributed by atoms with Crippen LogP contribution in [-0.2, 0) is 11.0 Å². The van der Waals surface area contributed by atoms with E-state index < -0.39 is 7.37 Å². The van der Waals surface area contributed by atoms with Crippen LogP contribution in [0.15, 0.2) is 30.3 Å². The zero-order valence-corrected chi connectivity index (χ0v) is 17.4. The first kappa shape index (κ1) is 20.5. The van der Waals surface area contributed by atoms with Crippen LogP contribution in [0.3, 0.4) is 0 Å². The summed E-state index contributed by atoms with van der Waals surface area (Å²) < 4.78 is 22.4. The molecular formula is C21H29O4P. The van der Waals surface area contributed by atoms with Crippen molar-refractivity contribution in [1.82, 2.24) is 0 Å². The zero-order valence-electron chi connectivity index (χ0n) is 16.5. The fraction of sp³-hybridized carbons (Fsp3) is 0.429. The van der Waals surface area contributed by atoms with E-state index in [0.717, 1.165) is 23.3 Å². The van der Waals surface area contributed by atoms with Crippen LogP contribution in [0.25, 0.3) is 0 Å². The third kappa shape index (κ3) is 5.36. The first-order chi connectivity index (χ1) is 12.1. The Labute approximate surface area is 156 Å². The molecule has 1 N–H and O–H groups in total. The predicted octanol–water partition coefficient (Wildman–Crippen LogP) is 5.26. The van der Waals surface area contributed by atoms with E-state index in [4.69, 9.17) is 9.47 Å². The summed E-state index contributed by atoms with van der Waals surface area (Å²) in [6, 6.07) is 10.2. The minimum Gasteiger partial charge on any atom is -0.496 e. The predicted molar refractivity (Wildman–Crippen MR) is 107 cm³/mol. The number of rotatable bonds is 7. The van der Waals surface area contributed by atoms with Crippen LogP contribution in [0.1, 0.15) is 47.6 Å². The average Bonchev–Trinajstić information content (AvgIpc) is 2.55. The Balaban J connectivity index is 2.27. The Morgan fingerprint density at radius 1 is 1.12 bits per heavy atom. The number of ether oxygens (including phenoxy) is 2. The molecule has 2 aromatic rings. The third-order valence-corrected chi connectivity index (χ3v) is 5.05. The molecule has 0 aliphatic rings. The minimum atomic E-state index is -3.18. The minimum absolute atomic E-state index is 0.165. The van der Waals surface area contributed by atoms with E-state index in [2.05, 4.69) is 26.0 Å². The molecule has 0 amide bonds. The van der Waals surface area contributed by atoms with Gasteiger partial charge in [0.05, 0.1) is 7.11 Å². The molecule has 0 heterocycles. The Kier molecular flexibility index (Phi) is 6.54. The molecule has 2 rings (SSSR count). The molecule has 0 bridgehead atoms. The van der Waals surface area contributed by atoms with Gasteiger partial charge in [-0.05, 0) is 72.2 Å². The fourth-order valence-electron chi connectivity index (χ4n) is 3.06. The van der Waals surface area contributed by atoms with Gasteiger partial charge in [-0.15, -0.1) is 0 Å². The van der Waals surface area contributed by atoms with Crippen LogP contribution in [0.4, 0.5) is 0 Å². The van der Waals surface area contributed by atoms with Gasteiger partial charge in [-0.25, -0.2) is 0 Å². The van der Waals surface area contributed by atoms with E-state index in [1.807, 2.05) is 32.0 Å². The van der Waals surface area contributed by atoms with Gasteiger partial charge in [0.2, 0.25) is 7.37 Å². The van der Waals surface area contributed by atoms with Gasteiger partial charge < -0.3 is 14.4 Å². The van der Waals surface area contributed by atoms with Crippen LogP contribution >= 0.6 is 7.37 Å². The Bertz CT molecular complexity index is 798. The topological polar surface area (TPSA) is 55.8 Å². The van der Waals surface area contributed by atoms with Crippen molar-refractivity contribution in [2.24, 2.45) is 0 Å². The second kappa shape index (κ2) is 8.28. The molecule has 0 spiro atoms. The second-order valence-electron chi connectivity index (χ2n) is 7.27. The summed E-state index contributed by atoms with van der Waals surface area (Å²) in [5, 5.41) is 0.